The lowest BCUT2D eigenvalue weighted by Crippen LogP contribution is -2.34. The van der Waals surface area contributed by atoms with E-state index in [1.807, 2.05) is 18.2 Å². The van der Waals surface area contributed by atoms with Crippen LogP contribution in [0.3, 0.4) is 0 Å². The van der Waals surface area contributed by atoms with E-state index < -0.39 is 12.1 Å². The average Bonchev–Trinajstić information content (AvgIpc) is 3.09. The third kappa shape index (κ3) is 2.05. The van der Waals surface area contributed by atoms with Crippen molar-refractivity contribution >= 4 is 22.6 Å². The Labute approximate surface area is 160 Å². The number of hydrogen-bond acceptors (Lipinski definition) is 6. The zero-order valence-electron chi connectivity index (χ0n) is 15.6. The van der Waals surface area contributed by atoms with E-state index in [-0.39, 0.29) is 12.2 Å². The molecule has 7 nitrogen and oxygen atoms in total. The van der Waals surface area contributed by atoms with E-state index in [1.54, 1.807) is 4.57 Å². The maximum absolute atomic E-state index is 13.2. The van der Waals surface area contributed by atoms with Crippen LogP contribution in [0.4, 0.5) is 5.69 Å². The minimum atomic E-state index is -1.00. The molecular weight excluding hydrogens is 358 g/mol. The van der Waals surface area contributed by atoms with E-state index in [0.717, 1.165) is 28.5 Å². The number of para-hydroxylation sites is 1. The summed E-state index contributed by atoms with van der Waals surface area (Å²) in [7, 11) is 1.40. The van der Waals surface area contributed by atoms with Crippen LogP contribution in [0, 0.1) is 0 Å². The van der Waals surface area contributed by atoms with Gasteiger partial charge in [0.1, 0.15) is 6.61 Å². The van der Waals surface area contributed by atoms with Crippen LogP contribution >= 0.6 is 0 Å². The number of nitrogen functional groups attached to an aromatic ring is 1. The van der Waals surface area contributed by atoms with Crippen LogP contribution in [0.15, 0.2) is 29.1 Å². The van der Waals surface area contributed by atoms with Gasteiger partial charge in [-0.25, -0.2) is 9.78 Å². The molecule has 2 aliphatic rings. The topological polar surface area (TPSA) is 96.4 Å². The molecule has 0 spiro atoms. The number of aryl methyl sites for hydroxylation is 1. The minimum absolute atomic E-state index is 0.0935. The van der Waals surface area contributed by atoms with Crippen molar-refractivity contribution in [2.75, 3.05) is 12.8 Å². The molecule has 1 aromatic carbocycles. The Bertz CT molecular complexity index is 1230. The first-order chi connectivity index (χ1) is 13.6. The molecule has 3 aromatic rings. The fraction of sp³-hybridized carbons (Fsp3) is 0.286. The van der Waals surface area contributed by atoms with Gasteiger partial charge in [0.05, 0.1) is 34.7 Å². The molecule has 7 heteroatoms. The number of carbonyl (C=O) groups excluding carboxylic acids is 1. The zero-order valence-corrected chi connectivity index (χ0v) is 15.6. The second-order valence-corrected chi connectivity index (χ2v) is 7.06. The number of nitrogens with two attached hydrogens (primary N) is 1. The van der Waals surface area contributed by atoms with E-state index in [2.05, 4.69) is 13.0 Å². The van der Waals surface area contributed by atoms with Crippen molar-refractivity contribution in [3.8, 4) is 11.4 Å². The number of methoxy groups -OCH3 is 1. The summed E-state index contributed by atoms with van der Waals surface area (Å²) in [4.78, 5) is 30.2. The molecule has 28 heavy (non-hydrogen) atoms. The SMILES string of the molecule is CCc1c2c(nc3ccccc13)-c1c(N)c3c(c(=O)n1C2)COC(=O)C3OC. The molecule has 0 saturated heterocycles. The number of hydrogen-bond donors (Lipinski definition) is 1. The Morgan fingerprint density at radius 2 is 2.07 bits per heavy atom. The average molecular weight is 377 g/mol. The third-order valence-corrected chi connectivity index (χ3v) is 5.72. The highest BCUT2D eigenvalue weighted by Crippen LogP contribution is 2.42. The van der Waals surface area contributed by atoms with Crippen LogP contribution in [0.25, 0.3) is 22.3 Å². The van der Waals surface area contributed by atoms with Crippen molar-refractivity contribution in [2.24, 2.45) is 0 Å². The van der Waals surface area contributed by atoms with Crippen molar-refractivity contribution < 1.29 is 14.3 Å². The van der Waals surface area contributed by atoms with Gasteiger partial charge in [-0.2, -0.15) is 0 Å². The lowest BCUT2D eigenvalue weighted by molar-refractivity contribution is -0.159. The highest BCUT2D eigenvalue weighted by molar-refractivity contribution is 5.92. The molecule has 4 heterocycles. The number of cyclic esters (lactones) is 1. The van der Waals surface area contributed by atoms with Gasteiger partial charge in [-0.15, -0.1) is 0 Å². The van der Waals surface area contributed by atoms with Crippen molar-refractivity contribution in [3.05, 3.63) is 56.9 Å². The van der Waals surface area contributed by atoms with Gasteiger partial charge in [0.2, 0.25) is 0 Å². The minimum Gasteiger partial charge on any atom is -0.458 e. The Kier molecular flexibility index (Phi) is 3.57. The second kappa shape index (κ2) is 5.90. The molecule has 142 valence electrons. The number of benzene rings is 1. The van der Waals surface area contributed by atoms with Crippen LogP contribution < -0.4 is 11.3 Å². The van der Waals surface area contributed by atoms with Crippen LogP contribution in [-0.2, 0) is 33.8 Å². The molecular formula is C21H19N3O4. The second-order valence-electron chi connectivity index (χ2n) is 7.06. The molecule has 0 aliphatic carbocycles. The molecule has 0 bridgehead atoms. The predicted molar refractivity (Wildman–Crippen MR) is 104 cm³/mol. The summed E-state index contributed by atoms with van der Waals surface area (Å²) in [5.74, 6) is -0.537. The number of pyridine rings is 2. The molecule has 2 aliphatic heterocycles. The number of esters is 1. The number of carbonyl (C=O) groups is 1. The van der Waals surface area contributed by atoms with Crippen LogP contribution in [-0.4, -0.2) is 22.6 Å². The lowest BCUT2D eigenvalue weighted by atomic mass is 9.96. The summed E-state index contributed by atoms with van der Waals surface area (Å²) in [6.07, 6.45) is -0.187. The first kappa shape index (κ1) is 16.9. The maximum Gasteiger partial charge on any atom is 0.340 e. The first-order valence-electron chi connectivity index (χ1n) is 9.22. The molecule has 0 radical (unpaired) electrons. The number of fused-ring (bicyclic) bond motifs is 5. The highest BCUT2D eigenvalue weighted by atomic mass is 16.6. The zero-order chi connectivity index (χ0) is 19.6. The van der Waals surface area contributed by atoms with Gasteiger partial charge in [0, 0.05) is 23.6 Å². The number of anilines is 1. The molecule has 0 amide bonds. The first-order valence-corrected chi connectivity index (χ1v) is 9.22. The summed E-state index contributed by atoms with van der Waals surface area (Å²) in [6.45, 7) is 2.41. The number of rotatable bonds is 2. The van der Waals surface area contributed by atoms with Gasteiger partial charge in [-0.3, -0.25) is 4.79 Å². The third-order valence-electron chi connectivity index (χ3n) is 5.72. The summed E-state index contributed by atoms with van der Waals surface area (Å²) in [5.41, 5.74) is 11.8. The summed E-state index contributed by atoms with van der Waals surface area (Å²) in [6, 6.07) is 7.94. The fourth-order valence-electron chi connectivity index (χ4n) is 4.46. The molecule has 0 fully saturated rings. The fourth-order valence-corrected chi connectivity index (χ4v) is 4.46. The Morgan fingerprint density at radius 3 is 2.82 bits per heavy atom. The van der Waals surface area contributed by atoms with E-state index in [4.69, 9.17) is 20.2 Å². The van der Waals surface area contributed by atoms with E-state index in [9.17, 15) is 9.59 Å². The Balaban J connectivity index is 1.88. The van der Waals surface area contributed by atoms with Gasteiger partial charge in [0.15, 0.2) is 6.10 Å². The summed E-state index contributed by atoms with van der Waals surface area (Å²) >= 11 is 0. The van der Waals surface area contributed by atoms with Crippen LogP contribution in [0.1, 0.15) is 35.3 Å². The Hall–Kier alpha value is -3.19. The molecule has 2 aromatic heterocycles. The predicted octanol–water partition coefficient (Wildman–Crippen LogP) is 2.31. The smallest absolute Gasteiger partial charge is 0.340 e. The van der Waals surface area contributed by atoms with Crippen molar-refractivity contribution in [1.29, 1.82) is 0 Å². The molecule has 1 atom stereocenters. The number of aromatic nitrogens is 2. The molecule has 2 N–H and O–H groups in total. The quantitative estimate of drug-likeness (QED) is 0.539. The molecule has 1 unspecified atom stereocenters. The van der Waals surface area contributed by atoms with Crippen molar-refractivity contribution in [1.82, 2.24) is 9.55 Å². The van der Waals surface area contributed by atoms with E-state index in [1.165, 1.54) is 7.11 Å². The van der Waals surface area contributed by atoms with E-state index >= 15 is 0 Å². The maximum atomic E-state index is 13.2. The Morgan fingerprint density at radius 1 is 1.29 bits per heavy atom. The van der Waals surface area contributed by atoms with Gasteiger partial charge < -0.3 is 19.8 Å². The van der Waals surface area contributed by atoms with Gasteiger partial charge >= 0.3 is 5.97 Å². The molecule has 5 rings (SSSR count). The molecule has 0 saturated carbocycles. The van der Waals surface area contributed by atoms with Crippen LogP contribution in [0.2, 0.25) is 0 Å². The largest absolute Gasteiger partial charge is 0.458 e. The van der Waals surface area contributed by atoms with E-state index in [0.29, 0.717) is 34.7 Å². The number of ether oxygens (including phenoxy) is 2. The van der Waals surface area contributed by atoms with Gasteiger partial charge in [0.25, 0.3) is 5.56 Å². The van der Waals surface area contributed by atoms with Crippen LogP contribution in [0.5, 0.6) is 0 Å². The van der Waals surface area contributed by atoms with Gasteiger partial charge in [-0.1, -0.05) is 25.1 Å². The number of nitrogens with zero attached hydrogens (tertiary/aromatic N) is 2. The summed E-state index contributed by atoms with van der Waals surface area (Å²) in [5, 5.41) is 1.08. The standard InChI is InChI=1S/C21H19N3O4/c1-3-10-11-6-4-5-7-14(11)23-17-12(10)8-24-18(17)16(22)15-13(20(24)25)9-28-21(26)19(15)27-2/h4-7,19H,3,8-9,22H2,1-2H3. The van der Waals surface area contributed by atoms with Crippen molar-refractivity contribution in [2.45, 2.75) is 32.6 Å². The lowest BCUT2D eigenvalue weighted by Gasteiger charge is -2.26. The summed E-state index contributed by atoms with van der Waals surface area (Å²) < 4.78 is 12.1. The van der Waals surface area contributed by atoms with Gasteiger partial charge in [-0.05, 0) is 18.1 Å². The normalized spacial score (nSPS) is 17.2. The monoisotopic (exact) mass is 377 g/mol. The van der Waals surface area contributed by atoms with Crippen molar-refractivity contribution in [3.63, 3.8) is 0 Å². The highest BCUT2D eigenvalue weighted by Gasteiger charge is 2.38.